The van der Waals surface area contributed by atoms with Crippen molar-refractivity contribution in [3.63, 3.8) is 0 Å². The lowest BCUT2D eigenvalue weighted by Gasteiger charge is -2.22. The highest BCUT2D eigenvalue weighted by molar-refractivity contribution is 5.04. The molecular weight excluding hydrogens is 218 g/mol. The number of ether oxygens (including phenoxy) is 1. The van der Waals surface area contributed by atoms with Crippen LogP contribution in [0.1, 0.15) is 25.3 Å². The van der Waals surface area contributed by atoms with Gasteiger partial charge < -0.3 is 15.0 Å². The Labute approximate surface area is 103 Å². The molecule has 1 aromatic heterocycles. The fraction of sp³-hybridized carbons (Fsp3) is 0.750. The second kappa shape index (κ2) is 7.42. The van der Waals surface area contributed by atoms with E-state index in [9.17, 15) is 0 Å². The third-order valence-electron chi connectivity index (χ3n) is 2.43. The van der Waals surface area contributed by atoms with Crippen molar-refractivity contribution in [1.82, 2.24) is 10.1 Å². The van der Waals surface area contributed by atoms with E-state index in [-0.39, 0.29) is 0 Å². The smallest absolute Gasteiger partial charge is 0.151 e. The molecular formula is C12H23N3O2. The van der Waals surface area contributed by atoms with E-state index < -0.39 is 0 Å². The molecule has 0 aromatic carbocycles. The summed E-state index contributed by atoms with van der Waals surface area (Å²) in [5, 5.41) is 3.89. The van der Waals surface area contributed by atoms with Gasteiger partial charge in [-0.1, -0.05) is 19.0 Å². The monoisotopic (exact) mass is 241 g/mol. The van der Waals surface area contributed by atoms with E-state index in [0.717, 1.165) is 37.7 Å². The zero-order valence-electron chi connectivity index (χ0n) is 11.0. The minimum absolute atomic E-state index is 0.422. The lowest BCUT2D eigenvalue weighted by molar-refractivity contribution is 0.129. The Morgan fingerprint density at radius 1 is 1.53 bits per heavy atom. The van der Waals surface area contributed by atoms with E-state index in [1.807, 2.05) is 6.07 Å². The summed E-state index contributed by atoms with van der Waals surface area (Å²) in [7, 11) is 1.72. The first kappa shape index (κ1) is 14.2. The molecule has 1 aromatic rings. The minimum Gasteiger partial charge on any atom is -0.383 e. The molecule has 0 spiro atoms. The van der Waals surface area contributed by atoms with Crippen LogP contribution in [0.15, 0.2) is 10.6 Å². The van der Waals surface area contributed by atoms with Crippen molar-refractivity contribution in [2.24, 2.45) is 11.7 Å². The van der Waals surface area contributed by atoms with Gasteiger partial charge in [0.2, 0.25) is 0 Å². The van der Waals surface area contributed by atoms with Crippen LogP contribution < -0.4 is 5.73 Å². The van der Waals surface area contributed by atoms with Crippen LogP contribution in [-0.2, 0) is 17.8 Å². The van der Waals surface area contributed by atoms with E-state index >= 15 is 0 Å². The van der Waals surface area contributed by atoms with E-state index in [2.05, 4.69) is 23.9 Å². The lowest BCUT2D eigenvalue weighted by atomic mass is 10.2. The zero-order chi connectivity index (χ0) is 12.7. The highest BCUT2D eigenvalue weighted by Crippen LogP contribution is 2.09. The van der Waals surface area contributed by atoms with Crippen LogP contribution in [0.25, 0.3) is 0 Å². The Kier molecular flexibility index (Phi) is 6.18. The summed E-state index contributed by atoms with van der Waals surface area (Å²) in [5.41, 5.74) is 6.30. The molecule has 0 atom stereocenters. The van der Waals surface area contributed by atoms with Crippen molar-refractivity contribution in [2.45, 2.75) is 26.9 Å². The number of nitrogens with two attached hydrogens (primary N) is 1. The van der Waals surface area contributed by atoms with Gasteiger partial charge in [0.15, 0.2) is 5.76 Å². The van der Waals surface area contributed by atoms with Gasteiger partial charge in [0.05, 0.1) is 18.8 Å². The third-order valence-corrected chi connectivity index (χ3v) is 2.43. The van der Waals surface area contributed by atoms with Crippen molar-refractivity contribution in [2.75, 3.05) is 26.8 Å². The molecule has 2 N–H and O–H groups in total. The lowest BCUT2D eigenvalue weighted by Crippen LogP contribution is -2.30. The molecule has 0 aliphatic carbocycles. The average molecular weight is 241 g/mol. The summed E-state index contributed by atoms with van der Waals surface area (Å²) in [6.45, 7) is 8.22. The number of hydrogen-bond acceptors (Lipinski definition) is 5. The highest BCUT2D eigenvalue weighted by Gasteiger charge is 2.11. The molecule has 0 aliphatic heterocycles. The van der Waals surface area contributed by atoms with Crippen LogP contribution in [0.4, 0.5) is 0 Å². The predicted octanol–water partition coefficient (Wildman–Crippen LogP) is 1.24. The first-order valence-corrected chi connectivity index (χ1v) is 6.01. The normalized spacial score (nSPS) is 11.6. The topological polar surface area (TPSA) is 64.5 Å². The molecule has 0 saturated carbocycles. The Bertz CT molecular complexity index is 312. The molecule has 5 nitrogen and oxygen atoms in total. The molecule has 1 heterocycles. The molecule has 0 amide bonds. The summed E-state index contributed by atoms with van der Waals surface area (Å²) in [6, 6.07) is 1.92. The first-order valence-electron chi connectivity index (χ1n) is 6.01. The second-order valence-electron chi connectivity index (χ2n) is 4.61. The maximum absolute atomic E-state index is 5.50. The second-order valence-corrected chi connectivity index (χ2v) is 4.61. The summed E-state index contributed by atoms with van der Waals surface area (Å²) in [4.78, 5) is 2.30. The van der Waals surface area contributed by atoms with Crippen molar-refractivity contribution in [3.05, 3.63) is 17.5 Å². The SMILES string of the molecule is COCCN(Cc1cc(CN)no1)CC(C)C. The molecule has 0 fully saturated rings. The molecule has 0 aliphatic rings. The van der Waals surface area contributed by atoms with Gasteiger partial charge in [0, 0.05) is 32.8 Å². The van der Waals surface area contributed by atoms with Crippen molar-refractivity contribution in [3.8, 4) is 0 Å². The van der Waals surface area contributed by atoms with Crippen molar-refractivity contribution < 1.29 is 9.26 Å². The molecule has 98 valence electrons. The van der Waals surface area contributed by atoms with Gasteiger partial charge in [-0.25, -0.2) is 0 Å². The maximum Gasteiger partial charge on any atom is 0.151 e. The number of methoxy groups -OCH3 is 1. The van der Waals surface area contributed by atoms with E-state index in [4.69, 9.17) is 15.0 Å². The van der Waals surface area contributed by atoms with E-state index in [1.54, 1.807) is 7.11 Å². The Morgan fingerprint density at radius 2 is 2.29 bits per heavy atom. The summed E-state index contributed by atoms with van der Waals surface area (Å²) in [5.74, 6) is 1.48. The number of nitrogens with zero attached hydrogens (tertiary/aromatic N) is 2. The van der Waals surface area contributed by atoms with Gasteiger partial charge in [0.25, 0.3) is 0 Å². The number of hydrogen-bond donors (Lipinski definition) is 1. The van der Waals surface area contributed by atoms with Crippen molar-refractivity contribution in [1.29, 1.82) is 0 Å². The van der Waals surface area contributed by atoms with Gasteiger partial charge >= 0.3 is 0 Å². The number of aromatic nitrogens is 1. The molecule has 1 rings (SSSR count). The van der Waals surface area contributed by atoms with Gasteiger partial charge in [-0.3, -0.25) is 4.90 Å². The summed E-state index contributed by atoms with van der Waals surface area (Å²) >= 11 is 0. The van der Waals surface area contributed by atoms with Crippen LogP contribution in [0, 0.1) is 5.92 Å². The quantitative estimate of drug-likeness (QED) is 0.741. The van der Waals surface area contributed by atoms with E-state index in [1.165, 1.54) is 0 Å². The van der Waals surface area contributed by atoms with Crippen LogP contribution in [0.5, 0.6) is 0 Å². The van der Waals surface area contributed by atoms with Crippen LogP contribution in [0.3, 0.4) is 0 Å². The van der Waals surface area contributed by atoms with Crippen LogP contribution in [0.2, 0.25) is 0 Å². The average Bonchev–Trinajstić information content (AvgIpc) is 2.73. The van der Waals surface area contributed by atoms with Crippen LogP contribution in [-0.4, -0.2) is 36.9 Å². The highest BCUT2D eigenvalue weighted by atomic mass is 16.5. The molecule has 5 heteroatoms. The fourth-order valence-electron chi connectivity index (χ4n) is 1.72. The predicted molar refractivity (Wildman–Crippen MR) is 66.4 cm³/mol. The molecule has 0 radical (unpaired) electrons. The van der Waals surface area contributed by atoms with Gasteiger partial charge in [-0.05, 0) is 5.92 Å². The summed E-state index contributed by atoms with van der Waals surface area (Å²) in [6.07, 6.45) is 0. The molecule has 0 unspecified atom stereocenters. The maximum atomic E-state index is 5.50. The summed E-state index contributed by atoms with van der Waals surface area (Å²) < 4.78 is 10.3. The fourth-order valence-corrected chi connectivity index (χ4v) is 1.72. The van der Waals surface area contributed by atoms with Gasteiger partial charge in [0.1, 0.15) is 0 Å². The Balaban J connectivity index is 2.51. The molecule has 17 heavy (non-hydrogen) atoms. The number of rotatable bonds is 8. The largest absolute Gasteiger partial charge is 0.383 e. The van der Waals surface area contributed by atoms with Gasteiger partial charge in [-0.2, -0.15) is 0 Å². The zero-order valence-corrected chi connectivity index (χ0v) is 11.0. The Hall–Kier alpha value is -0.910. The van der Waals surface area contributed by atoms with Crippen LogP contribution >= 0.6 is 0 Å². The standard InChI is InChI=1S/C12H23N3O2/c1-10(2)8-15(4-5-16-3)9-12-6-11(7-13)14-17-12/h6,10H,4-5,7-9,13H2,1-3H3. The Morgan fingerprint density at radius 3 is 2.82 bits per heavy atom. The first-order chi connectivity index (χ1) is 8.15. The van der Waals surface area contributed by atoms with Crippen molar-refractivity contribution >= 4 is 0 Å². The van der Waals surface area contributed by atoms with Gasteiger partial charge in [-0.15, -0.1) is 0 Å². The minimum atomic E-state index is 0.422. The molecule has 0 bridgehead atoms. The third kappa shape index (κ3) is 5.30. The molecule has 0 saturated heterocycles. The van der Waals surface area contributed by atoms with E-state index in [0.29, 0.717) is 12.5 Å².